The van der Waals surface area contributed by atoms with Gasteiger partial charge in [-0.05, 0) is 0 Å². The third-order valence-corrected chi connectivity index (χ3v) is 4.38. The Kier molecular flexibility index (Phi) is 7.27. The Labute approximate surface area is 148 Å². The molecule has 0 saturated carbocycles. The van der Waals surface area contributed by atoms with E-state index in [2.05, 4.69) is 5.32 Å². The molecule has 0 aromatic rings. The van der Waals surface area contributed by atoms with Crippen molar-refractivity contribution in [1.82, 2.24) is 5.32 Å². The average molecular weight is 383 g/mol. The molecule has 10 atom stereocenters. The lowest BCUT2D eigenvalue weighted by molar-refractivity contribution is -0.345. The molecule has 26 heavy (non-hydrogen) atoms. The Morgan fingerprint density at radius 3 is 2.08 bits per heavy atom. The molecule has 1 amide bonds. The molecule has 0 aromatic heterocycles. The van der Waals surface area contributed by atoms with Crippen molar-refractivity contribution in [1.29, 1.82) is 0 Å². The van der Waals surface area contributed by atoms with Crippen LogP contribution in [0.5, 0.6) is 0 Å². The first kappa shape index (κ1) is 21.4. The lowest BCUT2D eigenvalue weighted by Crippen LogP contribution is -2.67. The number of aliphatic hydroxyl groups is 7. The van der Waals surface area contributed by atoms with Crippen LogP contribution in [0.3, 0.4) is 0 Å². The van der Waals surface area contributed by atoms with Gasteiger partial charge in [0.15, 0.2) is 12.6 Å². The molecule has 0 aromatic carbocycles. The molecule has 8 N–H and O–H groups in total. The summed E-state index contributed by atoms with van der Waals surface area (Å²) in [7, 11) is 0. The number of rotatable bonds is 5. The Morgan fingerprint density at radius 1 is 0.923 bits per heavy atom. The van der Waals surface area contributed by atoms with Crippen molar-refractivity contribution in [2.45, 2.75) is 68.3 Å². The number of amides is 1. The Bertz CT molecular complexity index is 478. The monoisotopic (exact) mass is 383 g/mol. The first-order valence-electron chi connectivity index (χ1n) is 8.06. The second-order valence-electron chi connectivity index (χ2n) is 6.26. The van der Waals surface area contributed by atoms with Gasteiger partial charge in [-0.3, -0.25) is 4.79 Å². The molecular formula is C14H25NO11. The Balaban J connectivity index is 2.16. The Morgan fingerprint density at radius 2 is 1.54 bits per heavy atom. The third-order valence-electron chi connectivity index (χ3n) is 4.38. The van der Waals surface area contributed by atoms with E-state index >= 15 is 0 Å². The van der Waals surface area contributed by atoms with Crippen molar-refractivity contribution < 1.29 is 54.8 Å². The number of carbonyl (C=O) groups is 1. The van der Waals surface area contributed by atoms with Gasteiger partial charge in [-0.2, -0.15) is 0 Å². The van der Waals surface area contributed by atoms with Gasteiger partial charge in [-0.25, -0.2) is 0 Å². The highest BCUT2D eigenvalue weighted by molar-refractivity contribution is 5.73. The third kappa shape index (κ3) is 4.31. The molecule has 2 heterocycles. The van der Waals surface area contributed by atoms with E-state index in [4.69, 9.17) is 14.2 Å². The van der Waals surface area contributed by atoms with Crippen molar-refractivity contribution in [3.05, 3.63) is 0 Å². The molecule has 2 aliphatic heterocycles. The number of hydrogen-bond acceptors (Lipinski definition) is 11. The number of hydrogen-bond donors (Lipinski definition) is 8. The zero-order valence-electron chi connectivity index (χ0n) is 14.0. The summed E-state index contributed by atoms with van der Waals surface area (Å²) in [6.07, 6.45) is -13.6. The molecule has 0 aliphatic carbocycles. The molecule has 0 bridgehead atoms. The molecule has 0 radical (unpaired) electrons. The highest BCUT2D eigenvalue weighted by Crippen LogP contribution is 2.28. The first-order chi connectivity index (χ1) is 12.2. The minimum absolute atomic E-state index is 0.564. The largest absolute Gasteiger partial charge is 0.394 e. The van der Waals surface area contributed by atoms with Gasteiger partial charge in [0.2, 0.25) is 5.91 Å². The maximum Gasteiger partial charge on any atom is 0.217 e. The van der Waals surface area contributed by atoms with Crippen molar-refractivity contribution in [3.8, 4) is 0 Å². The maximum atomic E-state index is 11.2. The molecule has 12 nitrogen and oxygen atoms in total. The van der Waals surface area contributed by atoms with Crippen LogP contribution < -0.4 is 5.32 Å². The predicted octanol–water partition coefficient (Wildman–Crippen LogP) is -5.25. The zero-order valence-corrected chi connectivity index (χ0v) is 14.0. The summed E-state index contributed by atoms with van der Waals surface area (Å²) >= 11 is 0. The molecule has 5 unspecified atom stereocenters. The molecular weight excluding hydrogens is 358 g/mol. The van der Waals surface area contributed by atoms with Gasteiger partial charge in [0.1, 0.15) is 48.8 Å². The van der Waals surface area contributed by atoms with E-state index in [9.17, 15) is 40.5 Å². The molecule has 2 fully saturated rings. The summed E-state index contributed by atoms with van der Waals surface area (Å²) in [5, 5.41) is 70.7. The van der Waals surface area contributed by atoms with E-state index < -0.39 is 80.5 Å². The molecule has 2 saturated heterocycles. The van der Waals surface area contributed by atoms with E-state index in [-0.39, 0.29) is 0 Å². The topological polar surface area (TPSA) is 198 Å². The van der Waals surface area contributed by atoms with Crippen LogP contribution >= 0.6 is 0 Å². The van der Waals surface area contributed by atoms with Crippen molar-refractivity contribution >= 4 is 5.91 Å². The second kappa shape index (κ2) is 8.84. The van der Waals surface area contributed by atoms with Gasteiger partial charge >= 0.3 is 0 Å². The fourth-order valence-electron chi connectivity index (χ4n) is 2.98. The maximum absolute atomic E-state index is 11.2. The van der Waals surface area contributed by atoms with Crippen LogP contribution in [-0.2, 0) is 19.0 Å². The second-order valence-corrected chi connectivity index (χ2v) is 6.26. The van der Waals surface area contributed by atoms with Gasteiger partial charge < -0.3 is 55.3 Å². The van der Waals surface area contributed by atoms with Crippen LogP contribution in [-0.4, -0.2) is 116 Å². The summed E-state index contributed by atoms with van der Waals surface area (Å²) < 4.78 is 15.7. The minimum Gasteiger partial charge on any atom is -0.394 e. The van der Waals surface area contributed by atoms with Gasteiger partial charge in [0.05, 0.1) is 13.2 Å². The molecule has 12 heteroatoms. The molecule has 152 valence electrons. The summed E-state index contributed by atoms with van der Waals surface area (Å²) in [6, 6.07) is -1.29. The van der Waals surface area contributed by atoms with E-state index in [0.29, 0.717) is 0 Å². The first-order valence-corrected chi connectivity index (χ1v) is 8.06. The Hall–Kier alpha value is -0.930. The van der Waals surface area contributed by atoms with Crippen LogP contribution in [0.1, 0.15) is 6.92 Å². The van der Waals surface area contributed by atoms with Crippen LogP contribution in [0.2, 0.25) is 0 Å². The molecule has 2 aliphatic rings. The summed E-state index contributed by atoms with van der Waals surface area (Å²) in [5.41, 5.74) is 0. The van der Waals surface area contributed by atoms with Gasteiger partial charge in [-0.15, -0.1) is 0 Å². The van der Waals surface area contributed by atoms with Gasteiger partial charge in [-0.1, -0.05) is 0 Å². The fourth-order valence-corrected chi connectivity index (χ4v) is 2.98. The van der Waals surface area contributed by atoms with Crippen LogP contribution in [0.4, 0.5) is 0 Å². The van der Waals surface area contributed by atoms with E-state index in [1.165, 1.54) is 0 Å². The van der Waals surface area contributed by atoms with Crippen molar-refractivity contribution in [2.24, 2.45) is 0 Å². The standard InChI is InChI=1S/C14H25NO11/c1-4(18)15-7-9(20)12(6(3-17)24-13(7)23)26-14-11(22)10(21)8(19)5(2-16)25-14/h5-14,16-17,19-23H,2-3H2,1H3,(H,15,18)/t5?,6?,7?,8-,9+,10-,11?,12+,13?,14-/m0/s1. The smallest absolute Gasteiger partial charge is 0.217 e. The minimum atomic E-state index is -1.73. The quantitative estimate of drug-likeness (QED) is 0.226. The van der Waals surface area contributed by atoms with Crippen LogP contribution in [0, 0.1) is 0 Å². The van der Waals surface area contributed by atoms with E-state index in [1.54, 1.807) is 0 Å². The van der Waals surface area contributed by atoms with Gasteiger partial charge in [0, 0.05) is 6.92 Å². The zero-order chi connectivity index (χ0) is 19.6. The van der Waals surface area contributed by atoms with Crippen molar-refractivity contribution in [3.63, 3.8) is 0 Å². The normalized spacial score (nSPS) is 46.8. The summed E-state index contributed by atoms with van der Waals surface area (Å²) in [4.78, 5) is 11.2. The fraction of sp³-hybridized carbons (Fsp3) is 0.929. The number of nitrogens with one attached hydrogen (secondary N) is 1. The van der Waals surface area contributed by atoms with E-state index in [0.717, 1.165) is 6.92 Å². The number of carbonyl (C=O) groups excluding carboxylic acids is 1. The number of aliphatic hydroxyl groups excluding tert-OH is 7. The summed E-state index contributed by atoms with van der Waals surface area (Å²) in [5.74, 6) is -0.564. The molecule has 0 spiro atoms. The van der Waals surface area contributed by atoms with Crippen LogP contribution in [0.15, 0.2) is 0 Å². The van der Waals surface area contributed by atoms with E-state index in [1.807, 2.05) is 0 Å². The predicted molar refractivity (Wildman–Crippen MR) is 80.2 cm³/mol. The lowest BCUT2D eigenvalue weighted by Gasteiger charge is -2.46. The highest BCUT2D eigenvalue weighted by atomic mass is 16.7. The molecule has 2 rings (SSSR count). The number of ether oxygens (including phenoxy) is 3. The average Bonchev–Trinajstić information content (AvgIpc) is 2.60. The van der Waals surface area contributed by atoms with Crippen molar-refractivity contribution in [2.75, 3.05) is 13.2 Å². The summed E-state index contributed by atoms with van der Waals surface area (Å²) in [6.45, 7) is -0.195. The van der Waals surface area contributed by atoms with Crippen LogP contribution in [0.25, 0.3) is 0 Å². The highest BCUT2D eigenvalue weighted by Gasteiger charge is 2.50. The SMILES string of the molecule is CC(=O)NC1C(O)OC(CO)[C@@H](O[C@@H]2OC(CO)[C@H](O)[C@H](O)C2O)[C@@H]1O. The van der Waals surface area contributed by atoms with Gasteiger partial charge in [0.25, 0.3) is 0 Å². The lowest BCUT2D eigenvalue weighted by atomic mass is 9.95.